The van der Waals surface area contributed by atoms with Gasteiger partial charge in [0.1, 0.15) is 35.8 Å². The SMILES string of the molecule is CC[C@H](Cc1ccccc1)NC(=O)c1cc(C(C)=O)cc(-c2cccc(CN3O[C@@H](CO)[C@@H]([C@H](C)O)[C@H]3C(=O)N[C@H]3C[C@H]4C[C@@H]([C@@H]3C)C4(C)C)c2OC)c1.COc1c(CN2O[C@@H](CO)[C@@H]([C@H](C)O)[C@H]2C(=O)N[C@H]2C[C@H]3C[C@@H]([C@@H]2C)C3(C)C)cccc1-c1cc(C(=O)N[C@@H](Cc2ccccc2)CN(C)C)cc(N2CCC[C@@H]2CO)c1. The number of carbonyl (C=O) groups is 5. The molecule has 114 heavy (non-hydrogen) atoms. The topological polar surface area (TPSA) is 284 Å². The van der Waals surface area contributed by atoms with Gasteiger partial charge in [-0.25, -0.2) is 0 Å². The number of fused-ring (bicyclic) bond motifs is 4. The fourth-order valence-electron chi connectivity index (χ4n) is 20.4. The van der Waals surface area contributed by atoms with Gasteiger partial charge in [-0.3, -0.25) is 33.6 Å². The van der Waals surface area contributed by atoms with E-state index in [2.05, 4.69) is 90.8 Å². The number of anilines is 1. The molecule has 3 heterocycles. The van der Waals surface area contributed by atoms with Crippen molar-refractivity contribution in [3.05, 3.63) is 172 Å². The summed E-state index contributed by atoms with van der Waals surface area (Å²) in [5.74, 6) is 1.46. The molecule has 0 radical (unpaired) electrons. The van der Waals surface area contributed by atoms with E-state index >= 15 is 0 Å². The van der Waals surface area contributed by atoms with Crippen molar-refractivity contribution in [2.24, 2.45) is 58.2 Å². The number of para-hydroxylation sites is 2. The van der Waals surface area contributed by atoms with E-state index in [4.69, 9.17) is 19.1 Å². The predicted octanol–water partition coefficient (Wildman–Crippen LogP) is 10.9. The molecular weight excluding hydrogens is 1440 g/mol. The summed E-state index contributed by atoms with van der Waals surface area (Å²) in [7, 11) is 7.17. The molecular formula is C92H124N8O14. The van der Waals surface area contributed by atoms with Crippen molar-refractivity contribution in [2.45, 2.75) is 207 Å². The number of hydrogen-bond acceptors (Lipinski definition) is 18. The molecule has 9 N–H and O–H groups in total. The molecule has 4 amide bonds. The lowest BCUT2D eigenvalue weighted by atomic mass is 9.45. The minimum absolute atomic E-state index is 0.0121. The zero-order chi connectivity index (χ0) is 81.8. The molecule has 6 saturated carbocycles. The summed E-state index contributed by atoms with van der Waals surface area (Å²) >= 11 is 0. The van der Waals surface area contributed by atoms with Gasteiger partial charge >= 0.3 is 0 Å². The standard InChI is InChI=1S/C48H67N5O7.C44H57N3O7/c1-29-40-23-35(48(40,3)4)24-41(29)50-47(58)44-43(30(2)56)42(28-55)60-53(44)25-32-15-11-17-39(45(32)59-7)33-20-34(22-38(21-33)52-18-12-16-37(52)27-54)46(57)49-36(26-51(5)6)19-31-13-9-8-10-14-31;1-8-34(17-28-13-10-9-11-14-28)45-42(51)32-19-30(26(3)49)18-31(20-32)35-16-12-15-29(41(35)53-7)23-47-40(39(27(4)50)38(24-48)54-47)43(52)46-37-22-33-21-36(25(37)2)44(33,5)6/h8-11,13-15,17,20-22,29-30,35-37,40-44,54-56H,12,16,18-19,23-28H2,1-7H3,(H,49,57)(H,50,58);9-16,18-20,25,27,33-34,36-40,48,50H,8,17,21-24H2,1-7H3,(H,45,51)(H,46,52)/t29-,30-,35+,36-,37+,40-,41-,42-,43+,44-;25-,27-,33+,34+,36-,37-,38-,39+,40-/m00/s1. The van der Waals surface area contributed by atoms with Crippen LogP contribution in [0.15, 0.2) is 133 Å². The Bertz CT molecular complexity index is 4330. The van der Waals surface area contributed by atoms with E-state index in [1.165, 1.54) is 19.8 Å². The van der Waals surface area contributed by atoms with Crippen LogP contribution in [0.3, 0.4) is 0 Å². The molecule has 22 heteroatoms. The second-order valence-electron chi connectivity index (χ2n) is 35.2. The number of aliphatic hydroxyl groups is 5. The average molecular weight is 1570 g/mol. The van der Waals surface area contributed by atoms with Gasteiger partial charge in [0.05, 0.1) is 65.4 Å². The summed E-state index contributed by atoms with van der Waals surface area (Å²) in [5, 5.41) is 69.4. The molecule has 0 aromatic heterocycles. The maximum atomic E-state index is 14.4. The number of nitrogens with one attached hydrogen (secondary N) is 4. The van der Waals surface area contributed by atoms with Crippen LogP contribution in [0.4, 0.5) is 5.69 Å². The average Bonchev–Trinajstić information content (AvgIpc) is 0.735. The Balaban J connectivity index is 0.000000212. The highest BCUT2D eigenvalue weighted by Gasteiger charge is 2.59. The van der Waals surface area contributed by atoms with Crippen LogP contribution in [0.2, 0.25) is 0 Å². The highest BCUT2D eigenvalue weighted by atomic mass is 16.7. The van der Waals surface area contributed by atoms with E-state index < -0.39 is 48.3 Å². The molecule has 4 bridgehead atoms. The van der Waals surface area contributed by atoms with Crippen LogP contribution in [0.5, 0.6) is 11.5 Å². The number of benzene rings is 6. The second-order valence-corrected chi connectivity index (χ2v) is 35.2. The van der Waals surface area contributed by atoms with Crippen molar-refractivity contribution < 1.29 is 68.7 Å². The smallest absolute Gasteiger partial charge is 0.251 e. The van der Waals surface area contributed by atoms with Crippen LogP contribution < -0.4 is 35.6 Å². The Kier molecular flexibility index (Phi) is 27.4. The van der Waals surface area contributed by atoms with E-state index in [1.54, 1.807) is 56.4 Å². The molecule has 19 atom stereocenters. The first kappa shape index (κ1) is 85.2. The molecule has 9 aliphatic rings. The quantitative estimate of drug-likeness (QED) is 0.0190. The summed E-state index contributed by atoms with van der Waals surface area (Å²) in [4.78, 5) is 86.3. The monoisotopic (exact) mass is 1560 g/mol. The molecule has 6 aromatic rings. The normalized spacial score (nSPS) is 27.7. The number of ketones is 1. The number of amides is 4. The molecule has 0 spiro atoms. The maximum Gasteiger partial charge on any atom is 0.251 e. The van der Waals surface area contributed by atoms with Gasteiger partial charge in [0.25, 0.3) is 11.8 Å². The van der Waals surface area contributed by atoms with Gasteiger partial charge < -0.3 is 66.1 Å². The summed E-state index contributed by atoms with van der Waals surface area (Å²) in [6.07, 6.45) is 4.69. The van der Waals surface area contributed by atoms with Crippen LogP contribution in [0.1, 0.15) is 168 Å². The van der Waals surface area contributed by atoms with Gasteiger partial charge in [0.15, 0.2) is 5.78 Å². The molecule has 3 aliphatic heterocycles. The number of rotatable bonds is 30. The summed E-state index contributed by atoms with van der Waals surface area (Å²) < 4.78 is 12.2. The first-order valence-corrected chi connectivity index (χ1v) is 41.4. The number of ether oxygens (including phenoxy) is 2. The number of carbonyl (C=O) groups excluding carboxylic acids is 5. The van der Waals surface area contributed by atoms with Gasteiger partial charge in [-0.1, -0.05) is 146 Å². The number of nitrogens with zero attached hydrogens (tertiary/aromatic N) is 4. The lowest BCUT2D eigenvalue weighted by molar-refractivity contribution is -0.183. The van der Waals surface area contributed by atoms with Crippen LogP contribution >= 0.6 is 0 Å². The molecule has 22 nitrogen and oxygen atoms in total. The number of methoxy groups -OCH3 is 2. The Morgan fingerprint density at radius 1 is 0.579 bits per heavy atom. The van der Waals surface area contributed by atoms with E-state index in [0.29, 0.717) is 99.8 Å². The van der Waals surface area contributed by atoms with Gasteiger partial charge in [-0.05, 0) is 198 Å². The van der Waals surface area contributed by atoms with Crippen LogP contribution in [0, 0.1) is 58.2 Å². The van der Waals surface area contributed by atoms with Gasteiger partial charge in [0.2, 0.25) is 11.8 Å². The molecule has 6 aromatic carbocycles. The number of aliphatic hydroxyl groups excluding tert-OH is 5. The number of hydrogen-bond donors (Lipinski definition) is 9. The van der Waals surface area contributed by atoms with E-state index in [9.17, 15) is 49.5 Å². The summed E-state index contributed by atoms with van der Waals surface area (Å²) in [5.41, 5.74) is 9.14. The Hall–Kier alpha value is -8.13. The van der Waals surface area contributed by atoms with E-state index in [1.807, 2.05) is 118 Å². The van der Waals surface area contributed by atoms with Gasteiger partial charge in [-0.15, -0.1) is 0 Å². The van der Waals surface area contributed by atoms with Crippen LogP contribution in [-0.2, 0) is 45.2 Å². The Labute approximate surface area is 673 Å². The van der Waals surface area contributed by atoms with Crippen molar-refractivity contribution in [1.29, 1.82) is 0 Å². The van der Waals surface area contributed by atoms with E-state index in [0.717, 1.165) is 72.2 Å². The minimum Gasteiger partial charge on any atom is -0.496 e. The largest absolute Gasteiger partial charge is 0.496 e. The molecule has 15 rings (SSSR count). The third-order valence-corrected chi connectivity index (χ3v) is 27.1. The van der Waals surface area contributed by atoms with Gasteiger partial charge in [-0.2, -0.15) is 10.1 Å². The fourth-order valence-corrected chi connectivity index (χ4v) is 20.4. The third kappa shape index (κ3) is 18.2. The first-order chi connectivity index (χ1) is 54.5. The zero-order valence-electron chi connectivity index (χ0n) is 69.2. The molecule has 9 fully saturated rings. The zero-order valence-corrected chi connectivity index (χ0v) is 69.2. The fraction of sp³-hybridized carbons (Fsp3) is 0.554. The maximum absolute atomic E-state index is 14.4. The number of hydroxylamine groups is 4. The van der Waals surface area contributed by atoms with Crippen molar-refractivity contribution >= 4 is 35.1 Å². The molecule has 616 valence electrons. The molecule has 6 aliphatic carbocycles. The third-order valence-electron chi connectivity index (χ3n) is 27.1. The lowest BCUT2D eigenvalue weighted by Crippen LogP contribution is -2.62. The Morgan fingerprint density at radius 3 is 1.44 bits per heavy atom. The van der Waals surface area contributed by atoms with Crippen molar-refractivity contribution in [3.63, 3.8) is 0 Å². The number of Topliss-reactive ketones (excluding diaryl/α,β-unsaturated/α-hetero) is 1. The highest BCUT2D eigenvalue weighted by Crippen LogP contribution is 2.62. The molecule has 0 unspecified atom stereocenters. The van der Waals surface area contributed by atoms with Crippen LogP contribution in [-0.4, -0.2) is 198 Å². The van der Waals surface area contributed by atoms with Crippen molar-refractivity contribution in [2.75, 3.05) is 66.1 Å². The number of likely N-dealkylation sites (N-methyl/N-ethyl adjacent to an activating group) is 1. The highest BCUT2D eigenvalue weighted by molar-refractivity contribution is 6.02. The van der Waals surface area contributed by atoms with Gasteiger partial charge in [0, 0.05) is 93.7 Å². The van der Waals surface area contributed by atoms with Crippen molar-refractivity contribution in [3.8, 4) is 33.8 Å². The molecule has 3 saturated heterocycles. The van der Waals surface area contributed by atoms with Crippen LogP contribution in [0.25, 0.3) is 22.3 Å². The van der Waals surface area contributed by atoms with Crippen molar-refractivity contribution in [1.82, 2.24) is 36.3 Å². The lowest BCUT2D eigenvalue weighted by Gasteiger charge is -2.62. The Morgan fingerprint density at radius 2 is 1.03 bits per heavy atom. The summed E-state index contributed by atoms with van der Waals surface area (Å²) in [6.45, 7) is 21.5. The second kappa shape index (κ2) is 36.6. The summed E-state index contributed by atoms with van der Waals surface area (Å²) in [6, 6.07) is 40.6. The minimum atomic E-state index is -0.925. The first-order valence-electron chi connectivity index (χ1n) is 41.4. The predicted molar refractivity (Wildman–Crippen MR) is 441 cm³/mol. The van der Waals surface area contributed by atoms with E-state index in [-0.39, 0.29) is 103 Å².